The standard InChI is InChI=1S/C13H26N2O2S/c1-13(2,3)11(16)9-14-5-7-15(8-6-14)12(17)10-18-4/h11,16H,5-10H2,1-4H3/t11-/m1/s1. The van der Waals surface area contributed by atoms with E-state index in [1.165, 1.54) is 0 Å². The van der Waals surface area contributed by atoms with Crippen molar-refractivity contribution in [3.63, 3.8) is 0 Å². The summed E-state index contributed by atoms with van der Waals surface area (Å²) < 4.78 is 0. The van der Waals surface area contributed by atoms with Gasteiger partial charge in [-0.1, -0.05) is 20.8 Å². The highest BCUT2D eigenvalue weighted by molar-refractivity contribution is 7.99. The van der Waals surface area contributed by atoms with Gasteiger partial charge in [-0.2, -0.15) is 11.8 Å². The van der Waals surface area contributed by atoms with Crippen molar-refractivity contribution in [3.8, 4) is 0 Å². The van der Waals surface area contributed by atoms with Gasteiger partial charge in [-0.15, -0.1) is 0 Å². The molecule has 1 saturated heterocycles. The molecule has 1 atom stereocenters. The van der Waals surface area contributed by atoms with Crippen molar-refractivity contribution in [2.45, 2.75) is 26.9 Å². The molecule has 0 bridgehead atoms. The Morgan fingerprint density at radius 1 is 1.28 bits per heavy atom. The number of amides is 1. The van der Waals surface area contributed by atoms with E-state index in [9.17, 15) is 9.90 Å². The third-order valence-electron chi connectivity index (χ3n) is 3.42. The smallest absolute Gasteiger partial charge is 0.232 e. The van der Waals surface area contributed by atoms with Gasteiger partial charge in [0.15, 0.2) is 0 Å². The van der Waals surface area contributed by atoms with Crippen LogP contribution in [0.5, 0.6) is 0 Å². The molecule has 0 unspecified atom stereocenters. The van der Waals surface area contributed by atoms with Crippen LogP contribution in [0.2, 0.25) is 0 Å². The van der Waals surface area contributed by atoms with E-state index in [4.69, 9.17) is 0 Å². The summed E-state index contributed by atoms with van der Waals surface area (Å²) in [6, 6.07) is 0. The largest absolute Gasteiger partial charge is 0.391 e. The van der Waals surface area contributed by atoms with Crippen LogP contribution in [-0.2, 0) is 4.79 Å². The molecular weight excluding hydrogens is 248 g/mol. The van der Waals surface area contributed by atoms with Crippen LogP contribution >= 0.6 is 11.8 Å². The lowest BCUT2D eigenvalue weighted by Crippen LogP contribution is -2.52. The highest BCUT2D eigenvalue weighted by atomic mass is 32.2. The van der Waals surface area contributed by atoms with Crippen LogP contribution in [0, 0.1) is 5.41 Å². The molecular formula is C13H26N2O2S. The van der Waals surface area contributed by atoms with Crippen molar-refractivity contribution in [3.05, 3.63) is 0 Å². The van der Waals surface area contributed by atoms with Crippen LogP contribution in [-0.4, -0.2) is 71.6 Å². The Labute approximate surface area is 115 Å². The Balaban J connectivity index is 2.33. The van der Waals surface area contributed by atoms with Gasteiger partial charge in [-0.05, 0) is 11.7 Å². The Bertz CT molecular complexity index is 271. The number of piperazine rings is 1. The third kappa shape index (κ3) is 4.78. The summed E-state index contributed by atoms with van der Waals surface area (Å²) in [6.45, 7) is 10.2. The van der Waals surface area contributed by atoms with E-state index < -0.39 is 0 Å². The van der Waals surface area contributed by atoms with Gasteiger partial charge in [-0.3, -0.25) is 9.69 Å². The summed E-state index contributed by atoms with van der Waals surface area (Å²) in [6.07, 6.45) is 1.64. The number of rotatable bonds is 4. The minimum absolute atomic E-state index is 0.0776. The van der Waals surface area contributed by atoms with Crippen molar-refractivity contribution in [2.24, 2.45) is 5.41 Å². The molecule has 1 rings (SSSR count). The van der Waals surface area contributed by atoms with Gasteiger partial charge in [0.25, 0.3) is 0 Å². The predicted octanol–water partition coefficient (Wildman–Crippen LogP) is 0.901. The molecule has 0 aromatic rings. The molecule has 0 radical (unpaired) electrons. The maximum absolute atomic E-state index is 11.7. The topological polar surface area (TPSA) is 43.8 Å². The SMILES string of the molecule is CSCC(=O)N1CCN(C[C@@H](O)C(C)(C)C)CC1. The van der Waals surface area contributed by atoms with E-state index in [2.05, 4.69) is 25.7 Å². The Morgan fingerprint density at radius 3 is 2.28 bits per heavy atom. The number of aliphatic hydroxyl groups is 1. The molecule has 1 N–H and O–H groups in total. The first-order valence-electron chi connectivity index (χ1n) is 6.51. The highest BCUT2D eigenvalue weighted by Crippen LogP contribution is 2.20. The maximum atomic E-state index is 11.7. The zero-order valence-corrected chi connectivity index (χ0v) is 12.8. The van der Waals surface area contributed by atoms with Crippen LogP contribution in [0.15, 0.2) is 0 Å². The second-order valence-electron chi connectivity index (χ2n) is 6.00. The Hall–Kier alpha value is -0.260. The van der Waals surface area contributed by atoms with Gasteiger partial charge in [0.1, 0.15) is 0 Å². The van der Waals surface area contributed by atoms with Crippen LogP contribution in [0.4, 0.5) is 0 Å². The number of aliphatic hydroxyl groups excluding tert-OH is 1. The number of nitrogens with zero attached hydrogens (tertiary/aromatic N) is 2. The van der Waals surface area contributed by atoms with Crippen LogP contribution < -0.4 is 0 Å². The quantitative estimate of drug-likeness (QED) is 0.827. The lowest BCUT2D eigenvalue weighted by Gasteiger charge is -2.38. The van der Waals surface area contributed by atoms with Crippen molar-refractivity contribution in [1.82, 2.24) is 9.80 Å². The monoisotopic (exact) mass is 274 g/mol. The molecule has 4 nitrogen and oxygen atoms in total. The molecule has 1 aliphatic rings. The molecule has 0 aliphatic carbocycles. The minimum Gasteiger partial charge on any atom is -0.391 e. The van der Waals surface area contributed by atoms with Gasteiger partial charge >= 0.3 is 0 Å². The number of thioether (sulfide) groups is 1. The summed E-state index contributed by atoms with van der Waals surface area (Å²) in [5.41, 5.74) is -0.0776. The number of β-amino-alcohol motifs (C(OH)–C–C–N with tert-alkyl or cyclic N) is 1. The Morgan fingerprint density at radius 2 is 1.83 bits per heavy atom. The van der Waals surface area contributed by atoms with E-state index >= 15 is 0 Å². The number of hydrogen-bond donors (Lipinski definition) is 1. The van der Waals surface area contributed by atoms with Crippen molar-refractivity contribution in [1.29, 1.82) is 0 Å². The van der Waals surface area contributed by atoms with Gasteiger partial charge in [0, 0.05) is 32.7 Å². The second kappa shape index (κ2) is 6.78. The zero-order valence-electron chi connectivity index (χ0n) is 12.0. The van der Waals surface area contributed by atoms with E-state index in [1.807, 2.05) is 11.2 Å². The predicted molar refractivity (Wildman–Crippen MR) is 76.9 cm³/mol. The van der Waals surface area contributed by atoms with Crippen LogP contribution in [0.25, 0.3) is 0 Å². The molecule has 1 fully saturated rings. The summed E-state index contributed by atoms with van der Waals surface area (Å²) in [5, 5.41) is 10.1. The van der Waals surface area contributed by atoms with Gasteiger partial charge in [0.2, 0.25) is 5.91 Å². The number of carbonyl (C=O) groups is 1. The third-order valence-corrected chi connectivity index (χ3v) is 3.96. The molecule has 5 heteroatoms. The fourth-order valence-electron chi connectivity index (χ4n) is 1.91. The summed E-state index contributed by atoms with van der Waals surface area (Å²) >= 11 is 1.57. The molecule has 18 heavy (non-hydrogen) atoms. The van der Waals surface area contributed by atoms with Gasteiger partial charge < -0.3 is 10.0 Å². The van der Waals surface area contributed by atoms with E-state index in [0.29, 0.717) is 12.3 Å². The summed E-state index contributed by atoms with van der Waals surface area (Å²) in [5.74, 6) is 0.809. The molecule has 1 amide bonds. The lowest BCUT2D eigenvalue weighted by atomic mass is 9.89. The van der Waals surface area contributed by atoms with Gasteiger partial charge in [0.05, 0.1) is 11.9 Å². The average Bonchev–Trinajstić information content (AvgIpc) is 2.29. The second-order valence-corrected chi connectivity index (χ2v) is 6.86. The summed E-state index contributed by atoms with van der Waals surface area (Å²) in [7, 11) is 0. The zero-order chi connectivity index (χ0) is 13.8. The van der Waals surface area contributed by atoms with E-state index in [0.717, 1.165) is 26.2 Å². The van der Waals surface area contributed by atoms with Crippen molar-refractivity contribution >= 4 is 17.7 Å². The maximum Gasteiger partial charge on any atom is 0.232 e. The molecule has 1 aliphatic heterocycles. The fraction of sp³-hybridized carbons (Fsp3) is 0.923. The molecule has 0 saturated carbocycles. The van der Waals surface area contributed by atoms with E-state index in [1.54, 1.807) is 11.8 Å². The van der Waals surface area contributed by atoms with Gasteiger partial charge in [-0.25, -0.2) is 0 Å². The first kappa shape index (κ1) is 15.8. The molecule has 0 spiro atoms. The molecule has 1 heterocycles. The highest BCUT2D eigenvalue weighted by Gasteiger charge is 2.27. The fourth-order valence-corrected chi connectivity index (χ4v) is 2.34. The average molecular weight is 274 g/mol. The molecule has 0 aromatic heterocycles. The lowest BCUT2D eigenvalue weighted by molar-refractivity contribution is -0.130. The number of carbonyl (C=O) groups excluding carboxylic acids is 1. The van der Waals surface area contributed by atoms with Crippen molar-refractivity contribution in [2.75, 3.05) is 44.7 Å². The minimum atomic E-state index is -0.314. The summed E-state index contributed by atoms with van der Waals surface area (Å²) in [4.78, 5) is 15.9. The number of hydrogen-bond acceptors (Lipinski definition) is 4. The first-order chi connectivity index (χ1) is 8.34. The first-order valence-corrected chi connectivity index (χ1v) is 7.91. The van der Waals surface area contributed by atoms with E-state index in [-0.39, 0.29) is 17.4 Å². The molecule has 106 valence electrons. The van der Waals surface area contributed by atoms with Crippen LogP contribution in [0.1, 0.15) is 20.8 Å². The Kier molecular flexibility index (Phi) is 5.95. The van der Waals surface area contributed by atoms with Crippen molar-refractivity contribution < 1.29 is 9.90 Å². The normalized spacial score (nSPS) is 19.9. The van der Waals surface area contributed by atoms with Crippen LogP contribution in [0.3, 0.4) is 0 Å². The molecule has 0 aromatic carbocycles.